The van der Waals surface area contributed by atoms with Crippen LogP contribution in [-0.2, 0) is 9.59 Å². The van der Waals surface area contributed by atoms with Gasteiger partial charge in [0.25, 0.3) is 0 Å². The highest BCUT2D eigenvalue weighted by Gasteiger charge is 2.32. The summed E-state index contributed by atoms with van der Waals surface area (Å²) in [6.45, 7) is 0. The van der Waals surface area contributed by atoms with Crippen LogP contribution < -0.4 is 5.32 Å². The van der Waals surface area contributed by atoms with E-state index in [1.54, 1.807) is 6.07 Å². The highest BCUT2D eigenvalue weighted by molar-refractivity contribution is 9.10. The Hall–Kier alpha value is -1.58. The van der Waals surface area contributed by atoms with E-state index in [2.05, 4.69) is 31.4 Å². The summed E-state index contributed by atoms with van der Waals surface area (Å²) < 4.78 is 0.574. The van der Waals surface area contributed by atoms with E-state index in [4.69, 9.17) is 16.7 Å². The fraction of sp³-hybridized carbons (Fsp3) is 0.167. The van der Waals surface area contributed by atoms with Gasteiger partial charge in [0.05, 0.1) is 23.2 Å². The molecule has 1 unspecified atom stereocenters. The molecule has 3 N–H and O–H groups in total. The molecule has 1 atom stereocenters. The van der Waals surface area contributed by atoms with Gasteiger partial charge in [0, 0.05) is 4.47 Å². The van der Waals surface area contributed by atoms with Crippen molar-refractivity contribution in [1.82, 2.24) is 5.32 Å². The summed E-state index contributed by atoms with van der Waals surface area (Å²) >= 11 is 10.0. The van der Waals surface area contributed by atoms with E-state index >= 15 is 0 Å². The van der Waals surface area contributed by atoms with Crippen molar-refractivity contribution in [1.29, 1.82) is 0 Å². The lowest BCUT2D eigenvalue weighted by atomic mass is 10.2. The minimum absolute atomic E-state index is 0.146. The van der Waals surface area contributed by atoms with Crippen LogP contribution in [0, 0.1) is 0 Å². The number of carboxylic acids is 1. The number of nitrogens with zero attached hydrogens (tertiary/aromatic N) is 2. The minimum Gasteiger partial charge on any atom is -0.506 e. The second kappa shape index (κ2) is 7.12. The first-order chi connectivity index (χ1) is 10.4. The number of halogens is 2. The summed E-state index contributed by atoms with van der Waals surface area (Å²) in [5.41, 5.74) is 0.341. The van der Waals surface area contributed by atoms with Gasteiger partial charge in [-0.25, -0.2) is 0 Å². The van der Waals surface area contributed by atoms with Gasteiger partial charge in [0.15, 0.2) is 5.17 Å². The zero-order valence-electron chi connectivity index (χ0n) is 10.8. The summed E-state index contributed by atoms with van der Waals surface area (Å²) in [7, 11) is 0. The second-order valence-corrected chi connectivity index (χ2v) is 6.59. The van der Waals surface area contributed by atoms with E-state index in [1.807, 2.05) is 0 Å². The lowest BCUT2D eigenvalue weighted by molar-refractivity contribution is -0.138. The third-order valence-corrected chi connectivity index (χ3v) is 4.66. The van der Waals surface area contributed by atoms with E-state index in [9.17, 15) is 14.7 Å². The molecule has 0 saturated carbocycles. The van der Waals surface area contributed by atoms with Crippen molar-refractivity contribution in [3.8, 4) is 5.75 Å². The molecule has 1 aliphatic heterocycles. The average molecular weight is 407 g/mol. The first-order valence-corrected chi connectivity index (χ1v) is 7.91. The van der Waals surface area contributed by atoms with Gasteiger partial charge in [-0.1, -0.05) is 23.4 Å². The van der Waals surface area contributed by atoms with E-state index in [-0.39, 0.29) is 22.4 Å². The lowest BCUT2D eigenvalue weighted by Crippen LogP contribution is -2.26. The molecule has 0 spiro atoms. The molecule has 7 nitrogen and oxygen atoms in total. The fourth-order valence-corrected chi connectivity index (χ4v) is 3.07. The highest BCUT2D eigenvalue weighted by atomic mass is 79.9. The molecule has 1 aromatic carbocycles. The van der Waals surface area contributed by atoms with Gasteiger partial charge < -0.3 is 15.5 Å². The Balaban J connectivity index is 2.11. The molecule has 0 aliphatic carbocycles. The maximum Gasteiger partial charge on any atom is 0.305 e. The van der Waals surface area contributed by atoms with Crippen molar-refractivity contribution < 1.29 is 19.8 Å². The first kappa shape index (κ1) is 16.8. The number of aliphatic carboxylic acids is 1. The van der Waals surface area contributed by atoms with Crippen LogP contribution >= 0.6 is 39.3 Å². The number of rotatable bonds is 4. The van der Waals surface area contributed by atoms with Gasteiger partial charge in [0.1, 0.15) is 11.0 Å². The lowest BCUT2D eigenvalue weighted by Gasteiger charge is -2.02. The quantitative estimate of drug-likeness (QED) is 0.524. The Morgan fingerprint density at radius 2 is 2.27 bits per heavy atom. The molecule has 10 heteroatoms. The summed E-state index contributed by atoms with van der Waals surface area (Å²) in [5.74, 6) is -1.63. The number of hydrogen-bond donors (Lipinski definition) is 3. The van der Waals surface area contributed by atoms with Gasteiger partial charge in [-0.05, 0) is 28.1 Å². The van der Waals surface area contributed by atoms with Crippen LogP contribution in [0.2, 0.25) is 5.02 Å². The smallest absolute Gasteiger partial charge is 0.305 e. The number of amides is 1. The number of carbonyl (C=O) groups is 2. The molecule has 1 amide bonds. The average Bonchev–Trinajstić information content (AvgIpc) is 2.78. The Morgan fingerprint density at radius 3 is 2.95 bits per heavy atom. The Kier molecular flexibility index (Phi) is 5.43. The van der Waals surface area contributed by atoms with Crippen molar-refractivity contribution in [3.63, 3.8) is 0 Å². The van der Waals surface area contributed by atoms with Crippen molar-refractivity contribution in [2.75, 3.05) is 0 Å². The van der Waals surface area contributed by atoms with Crippen molar-refractivity contribution in [2.24, 2.45) is 10.2 Å². The number of phenolic OH excluding ortho intramolecular Hbond substituents is 1. The first-order valence-electron chi connectivity index (χ1n) is 5.85. The molecule has 1 aromatic rings. The topological polar surface area (TPSA) is 111 Å². The molecule has 22 heavy (non-hydrogen) atoms. The molecule has 1 aliphatic rings. The fourth-order valence-electron chi connectivity index (χ4n) is 1.56. The van der Waals surface area contributed by atoms with E-state index in [1.165, 1.54) is 12.3 Å². The van der Waals surface area contributed by atoms with Crippen molar-refractivity contribution in [3.05, 3.63) is 27.2 Å². The van der Waals surface area contributed by atoms with Crippen LogP contribution in [0.25, 0.3) is 0 Å². The number of amidine groups is 1. The van der Waals surface area contributed by atoms with Crippen molar-refractivity contribution >= 4 is 62.6 Å². The highest BCUT2D eigenvalue weighted by Crippen LogP contribution is 2.31. The van der Waals surface area contributed by atoms with Gasteiger partial charge in [-0.2, -0.15) is 5.10 Å². The maximum absolute atomic E-state index is 11.5. The number of carboxylic acid groups (broad SMARTS) is 1. The molecule has 1 fully saturated rings. The van der Waals surface area contributed by atoms with Crippen LogP contribution in [0.15, 0.2) is 26.8 Å². The molecule has 0 aromatic heterocycles. The second-order valence-electron chi connectivity index (χ2n) is 4.13. The van der Waals surface area contributed by atoms with E-state index in [0.29, 0.717) is 10.0 Å². The van der Waals surface area contributed by atoms with Gasteiger partial charge in [0.2, 0.25) is 5.91 Å². The normalized spacial score (nSPS) is 19.8. The number of benzene rings is 1. The van der Waals surface area contributed by atoms with Gasteiger partial charge >= 0.3 is 5.97 Å². The van der Waals surface area contributed by atoms with Crippen LogP contribution in [0.5, 0.6) is 5.75 Å². The Morgan fingerprint density at radius 1 is 1.55 bits per heavy atom. The van der Waals surface area contributed by atoms with Crippen LogP contribution in [0.1, 0.15) is 12.0 Å². The third kappa shape index (κ3) is 3.99. The van der Waals surface area contributed by atoms with Crippen LogP contribution in [0.4, 0.5) is 0 Å². The third-order valence-electron chi connectivity index (χ3n) is 2.59. The van der Waals surface area contributed by atoms with Gasteiger partial charge in [-0.3, -0.25) is 9.59 Å². The number of phenols is 1. The largest absolute Gasteiger partial charge is 0.506 e. The number of hydrogen-bond acceptors (Lipinski definition) is 6. The molecule has 116 valence electrons. The Labute approximate surface area is 142 Å². The summed E-state index contributed by atoms with van der Waals surface area (Å²) in [6.07, 6.45) is 0.982. The van der Waals surface area contributed by atoms with Gasteiger partial charge in [-0.15, -0.1) is 5.10 Å². The number of thioether (sulfide) groups is 1. The molecule has 2 rings (SSSR count). The summed E-state index contributed by atoms with van der Waals surface area (Å²) in [4.78, 5) is 22.1. The summed E-state index contributed by atoms with van der Waals surface area (Å²) in [6, 6.07) is 3.17. The standard InChI is InChI=1S/C12H9BrClN3O4S/c13-6-1-2-7(14)10(20)5(6)4-15-17-12-16-11(21)8(22-12)3-9(18)19/h1-2,4,8,20H,3H2,(H,18,19)(H,16,17,21). The number of nitrogens with one attached hydrogen (secondary N) is 1. The molecule has 0 radical (unpaired) electrons. The molecule has 1 heterocycles. The molecular formula is C12H9BrClN3O4S. The zero-order valence-corrected chi connectivity index (χ0v) is 13.9. The minimum atomic E-state index is -1.06. The SMILES string of the molecule is O=C(O)CC1SC(=NN=Cc2c(Br)ccc(Cl)c2O)NC1=O. The number of aromatic hydroxyl groups is 1. The monoisotopic (exact) mass is 405 g/mol. The molecular weight excluding hydrogens is 398 g/mol. The van der Waals surface area contributed by atoms with Crippen LogP contribution in [-0.4, -0.2) is 38.7 Å². The Bertz CT molecular complexity index is 695. The predicted molar refractivity (Wildman–Crippen MR) is 87.6 cm³/mol. The van der Waals surface area contributed by atoms with Crippen molar-refractivity contribution in [2.45, 2.75) is 11.7 Å². The zero-order chi connectivity index (χ0) is 16.3. The van der Waals surface area contributed by atoms with Crippen LogP contribution in [0.3, 0.4) is 0 Å². The molecule has 1 saturated heterocycles. The van der Waals surface area contributed by atoms with E-state index in [0.717, 1.165) is 11.8 Å². The predicted octanol–water partition coefficient (Wildman–Crippen LogP) is 2.20. The summed E-state index contributed by atoms with van der Waals surface area (Å²) in [5, 5.41) is 28.1. The number of carbonyl (C=O) groups excluding carboxylic acids is 1. The molecule has 0 bridgehead atoms. The maximum atomic E-state index is 11.5. The van der Waals surface area contributed by atoms with E-state index < -0.39 is 17.1 Å².